The molecule has 6 atom stereocenters. The Labute approximate surface area is 153 Å². The van der Waals surface area contributed by atoms with E-state index in [0.717, 1.165) is 47.6 Å². The van der Waals surface area contributed by atoms with Crippen molar-refractivity contribution in [2.75, 3.05) is 6.54 Å². The van der Waals surface area contributed by atoms with E-state index in [1.165, 1.54) is 51.5 Å². The van der Waals surface area contributed by atoms with Crippen molar-refractivity contribution in [2.45, 2.75) is 105 Å². The second-order valence-corrected chi connectivity index (χ2v) is 9.96. The van der Waals surface area contributed by atoms with Gasteiger partial charge in [-0.05, 0) is 61.7 Å². The first-order valence-corrected chi connectivity index (χ1v) is 11.1. The van der Waals surface area contributed by atoms with Crippen molar-refractivity contribution in [2.24, 2.45) is 35.5 Å². The van der Waals surface area contributed by atoms with Gasteiger partial charge in [0.25, 0.3) is 0 Å². The summed E-state index contributed by atoms with van der Waals surface area (Å²) in [6, 6.07) is 1.77. The van der Waals surface area contributed by atoms with Crippen molar-refractivity contribution in [3.63, 3.8) is 0 Å². The van der Waals surface area contributed by atoms with Crippen LogP contribution in [0.1, 0.15) is 93.4 Å². The van der Waals surface area contributed by atoms with Crippen molar-refractivity contribution >= 4 is 0 Å². The van der Waals surface area contributed by atoms with Crippen LogP contribution in [-0.2, 0) is 0 Å². The molecule has 6 unspecified atom stereocenters. The third-order valence-electron chi connectivity index (χ3n) is 7.66. The van der Waals surface area contributed by atoms with Crippen LogP contribution in [0.3, 0.4) is 0 Å². The maximum absolute atomic E-state index is 2.84. The molecule has 0 bridgehead atoms. The fraction of sp³-hybridized carbons (Fsp3) is 1.00. The van der Waals surface area contributed by atoms with E-state index < -0.39 is 0 Å². The SMILES string of the molecule is CCC(CCCC(C)C)CCC(C)N1CC2C(C(C)C(C)C)CC21. The zero-order chi connectivity index (χ0) is 17.9. The van der Waals surface area contributed by atoms with E-state index in [-0.39, 0.29) is 0 Å². The van der Waals surface area contributed by atoms with E-state index >= 15 is 0 Å². The average Bonchev–Trinajstić information content (AvgIpc) is 2.51. The second-order valence-electron chi connectivity index (χ2n) is 9.96. The van der Waals surface area contributed by atoms with Gasteiger partial charge in [-0.3, -0.25) is 4.90 Å². The molecular formula is C23H45N. The van der Waals surface area contributed by atoms with Crippen molar-refractivity contribution in [1.82, 2.24) is 4.90 Å². The zero-order valence-electron chi connectivity index (χ0n) is 17.7. The highest BCUT2D eigenvalue weighted by Crippen LogP contribution is 2.52. The van der Waals surface area contributed by atoms with E-state index in [9.17, 15) is 0 Å². The van der Waals surface area contributed by atoms with Crippen molar-refractivity contribution in [1.29, 1.82) is 0 Å². The Kier molecular flexibility index (Phi) is 7.65. The lowest BCUT2D eigenvalue weighted by atomic mass is 9.56. The summed E-state index contributed by atoms with van der Waals surface area (Å²) >= 11 is 0. The molecule has 0 N–H and O–H groups in total. The highest BCUT2D eigenvalue weighted by molar-refractivity contribution is 5.07. The van der Waals surface area contributed by atoms with Crippen LogP contribution in [0, 0.1) is 35.5 Å². The maximum atomic E-state index is 2.84. The molecule has 0 spiro atoms. The molecule has 1 aliphatic carbocycles. The first-order valence-electron chi connectivity index (χ1n) is 11.1. The van der Waals surface area contributed by atoms with Crippen molar-refractivity contribution < 1.29 is 0 Å². The van der Waals surface area contributed by atoms with Crippen molar-refractivity contribution in [3.05, 3.63) is 0 Å². The fourth-order valence-electron chi connectivity index (χ4n) is 5.21. The maximum Gasteiger partial charge on any atom is 0.0144 e. The molecule has 1 saturated heterocycles. The molecule has 142 valence electrons. The summed E-state index contributed by atoms with van der Waals surface area (Å²) in [6.45, 7) is 18.3. The molecule has 0 aromatic carbocycles. The third-order valence-corrected chi connectivity index (χ3v) is 7.66. The first-order chi connectivity index (χ1) is 11.3. The van der Waals surface area contributed by atoms with E-state index in [2.05, 4.69) is 53.4 Å². The molecule has 1 heteroatoms. The van der Waals surface area contributed by atoms with Crippen LogP contribution in [-0.4, -0.2) is 23.5 Å². The fourth-order valence-corrected chi connectivity index (χ4v) is 5.21. The van der Waals surface area contributed by atoms with Gasteiger partial charge in [-0.25, -0.2) is 0 Å². The molecule has 1 saturated carbocycles. The molecule has 2 fully saturated rings. The molecule has 0 aromatic rings. The molecule has 1 heterocycles. The quantitative estimate of drug-likeness (QED) is 0.410. The summed E-state index contributed by atoms with van der Waals surface area (Å²) < 4.78 is 0. The Morgan fingerprint density at radius 1 is 0.917 bits per heavy atom. The van der Waals surface area contributed by atoms with Gasteiger partial charge in [-0.15, -0.1) is 0 Å². The lowest BCUT2D eigenvalue weighted by Gasteiger charge is -2.64. The van der Waals surface area contributed by atoms with Crippen LogP contribution in [0.15, 0.2) is 0 Å². The van der Waals surface area contributed by atoms with Gasteiger partial charge in [0.15, 0.2) is 0 Å². The Morgan fingerprint density at radius 3 is 2.12 bits per heavy atom. The topological polar surface area (TPSA) is 3.24 Å². The molecule has 24 heavy (non-hydrogen) atoms. The van der Waals surface area contributed by atoms with Crippen LogP contribution in [0.2, 0.25) is 0 Å². The summed E-state index contributed by atoms with van der Waals surface area (Å²) in [5.74, 6) is 5.70. The predicted octanol–water partition coefficient (Wildman–Crippen LogP) is 6.62. The molecule has 0 amide bonds. The first kappa shape index (κ1) is 20.3. The lowest BCUT2D eigenvalue weighted by Crippen LogP contribution is -2.69. The molecule has 1 nitrogen and oxygen atoms in total. The summed E-state index contributed by atoms with van der Waals surface area (Å²) in [4.78, 5) is 2.84. The predicted molar refractivity (Wildman–Crippen MR) is 107 cm³/mol. The van der Waals surface area contributed by atoms with Gasteiger partial charge in [-0.1, -0.05) is 67.2 Å². The monoisotopic (exact) mass is 335 g/mol. The van der Waals surface area contributed by atoms with Crippen LogP contribution in [0.4, 0.5) is 0 Å². The number of hydrogen-bond donors (Lipinski definition) is 0. The van der Waals surface area contributed by atoms with Gasteiger partial charge < -0.3 is 0 Å². The normalized spacial score (nSPS) is 30.6. The van der Waals surface area contributed by atoms with Crippen LogP contribution in [0.25, 0.3) is 0 Å². The van der Waals surface area contributed by atoms with E-state index in [1.807, 2.05) is 0 Å². The van der Waals surface area contributed by atoms with Gasteiger partial charge in [-0.2, -0.15) is 0 Å². The van der Waals surface area contributed by atoms with Gasteiger partial charge in [0, 0.05) is 18.6 Å². The Morgan fingerprint density at radius 2 is 1.62 bits per heavy atom. The Balaban J connectivity index is 1.65. The van der Waals surface area contributed by atoms with Crippen LogP contribution in [0.5, 0.6) is 0 Å². The van der Waals surface area contributed by atoms with Crippen LogP contribution >= 0.6 is 0 Å². The smallest absolute Gasteiger partial charge is 0.0144 e. The largest absolute Gasteiger partial charge is 0.297 e. The second kappa shape index (κ2) is 9.06. The minimum absolute atomic E-state index is 0.820. The lowest BCUT2D eigenvalue weighted by molar-refractivity contribution is -0.149. The summed E-state index contributed by atoms with van der Waals surface area (Å²) in [7, 11) is 0. The standard InChI is InChI=1S/C23H45N/c1-8-20(11-9-10-16(2)3)13-12-18(6)24-15-22-21(14-23(22)24)19(7)17(4)5/h16-23H,8-15H2,1-7H3. The van der Waals surface area contributed by atoms with Crippen molar-refractivity contribution in [3.8, 4) is 0 Å². The minimum Gasteiger partial charge on any atom is -0.297 e. The average molecular weight is 336 g/mol. The third kappa shape index (κ3) is 4.77. The van der Waals surface area contributed by atoms with E-state index in [0.29, 0.717) is 0 Å². The summed E-state index contributed by atoms with van der Waals surface area (Å²) in [6.07, 6.45) is 10.1. The van der Waals surface area contributed by atoms with E-state index in [1.54, 1.807) is 0 Å². The minimum atomic E-state index is 0.820. The number of fused-ring (bicyclic) bond motifs is 1. The Bertz CT molecular complexity index is 361. The van der Waals surface area contributed by atoms with Crippen LogP contribution < -0.4 is 0 Å². The molecule has 2 rings (SSSR count). The number of hydrogen-bond acceptors (Lipinski definition) is 1. The van der Waals surface area contributed by atoms with Gasteiger partial charge in [0.2, 0.25) is 0 Å². The molecule has 0 radical (unpaired) electrons. The number of piperidine rings is 1. The number of rotatable bonds is 11. The zero-order valence-corrected chi connectivity index (χ0v) is 17.7. The summed E-state index contributed by atoms with van der Waals surface area (Å²) in [5, 5.41) is 0. The molecule has 2 aliphatic rings. The molecule has 1 aliphatic heterocycles. The number of nitrogens with zero attached hydrogens (tertiary/aromatic N) is 1. The Hall–Kier alpha value is -0.0400. The number of likely N-dealkylation sites (tertiary alicyclic amines) is 1. The van der Waals surface area contributed by atoms with Gasteiger partial charge in [0.05, 0.1) is 0 Å². The molecule has 0 aromatic heterocycles. The summed E-state index contributed by atoms with van der Waals surface area (Å²) in [5.41, 5.74) is 0. The molecular weight excluding hydrogens is 290 g/mol. The highest BCUT2D eigenvalue weighted by atomic mass is 15.3. The van der Waals surface area contributed by atoms with Gasteiger partial charge >= 0.3 is 0 Å². The van der Waals surface area contributed by atoms with E-state index in [4.69, 9.17) is 0 Å². The highest BCUT2D eigenvalue weighted by Gasteiger charge is 2.55. The van der Waals surface area contributed by atoms with Gasteiger partial charge in [0.1, 0.15) is 0 Å².